The number of hydrogen-bond acceptors (Lipinski definition) is 6. The molecule has 2 aromatic heterocycles. The van der Waals surface area contributed by atoms with Gasteiger partial charge in [0.25, 0.3) is 0 Å². The van der Waals surface area contributed by atoms with Crippen LogP contribution in [0.3, 0.4) is 0 Å². The van der Waals surface area contributed by atoms with Crippen molar-refractivity contribution in [1.29, 1.82) is 0 Å². The molecule has 0 saturated carbocycles. The lowest BCUT2D eigenvalue weighted by Crippen LogP contribution is -1.91. The van der Waals surface area contributed by atoms with Crippen LogP contribution >= 0.6 is 23.3 Å². The second kappa shape index (κ2) is 4.59. The summed E-state index contributed by atoms with van der Waals surface area (Å²) in [5.74, 6) is 1.67. The van der Waals surface area contributed by atoms with Crippen molar-refractivity contribution in [2.24, 2.45) is 0 Å². The van der Waals surface area contributed by atoms with Gasteiger partial charge in [-0.15, -0.1) is 0 Å². The van der Waals surface area contributed by atoms with E-state index in [1.165, 1.54) is 23.3 Å². The van der Waals surface area contributed by atoms with Crippen molar-refractivity contribution in [1.82, 2.24) is 14.3 Å². The molecule has 1 N–H and O–H groups in total. The van der Waals surface area contributed by atoms with Crippen LogP contribution in [0.2, 0.25) is 0 Å². The standard InChI is InChI=1S/C9H10N4S2/c1-6-11-9(15-13-6)14-8-5-3-4-7(10-2)12-8/h3-5H,1-2H3,(H,10,12). The zero-order chi connectivity index (χ0) is 10.7. The third kappa shape index (κ3) is 2.66. The van der Waals surface area contributed by atoms with E-state index in [9.17, 15) is 0 Å². The van der Waals surface area contributed by atoms with E-state index in [4.69, 9.17) is 0 Å². The first-order valence-corrected chi connectivity index (χ1v) is 6.00. The summed E-state index contributed by atoms with van der Waals surface area (Å²) >= 11 is 2.93. The van der Waals surface area contributed by atoms with Crippen molar-refractivity contribution in [3.8, 4) is 0 Å². The number of rotatable bonds is 3. The summed E-state index contributed by atoms with van der Waals surface area (Å²) in [6.07, 6.45) is 0. The van der Waals surface area contributed by atoms with E-state index in [2.05, 4.69) is 19.7 Å². The van der Waals surface area contributed by atoms with Gasteiger partial charge in [0, 0.05) is 7.05 Å². The van der Waals surface area contributed by atoms with E-state index in [1.807, 2.05) is 32.2 Å². The molecule has 0 fully saturated rings. The molecule has 0 saturated heterocycles. The molecule has 2 aromatic rings. The lowest BCUT2D eigenvalue weighted by Gasteiger charge is -2.00. The summed E-state index contributed by atoms with van der Waals surface area (Å²) in [6.45, 7) is 1.89. The van der Waals surface area contributed by atoms with Crippen LogP contribution in [0.15, 0.2) is 27.6 Å². The molecule has 0 atom stereocenters. The van der Waals surface area contributed by atoms with Crippen molar-refractivity contribution in [3.63, 3.8) is 0 Å². The summed E-state index contributed by atoms with van der Waals surface area (Å²) < 4.78 is 5.05. The monoisotopic (exact) mass is 238 g/mol. The van der Waals surface area contributed by atoms with E-state index >= 15 is 0 Å². The quantitative estimate of drug-likeness (QED) is 0.890. The van der Waals surface area contributed by atoms with Gasteiger partial charge in [-0.25, -0.2) is 9.97 Å². The fourth-order valence-corrected chi connectivity index (χ4v) is 2.61. The predicted molar refractivity (Wildman–Crippen MR) is 62.6 cm³/mol. The second-order valence-corrected chi connectivity index (χ2v) is 4.84. The van der Waals surface area contributed by atoms with Gasteiger partial charge in [-0.2, -0.15) is 4.37 Å². The first-order chi connectivity index (χ1) is 7.28. The molecule has 0 radical (unpaired) electrons. The molecule has 0 amide bonds. The van der Waals surface area contributed by atoms with Crippen LogP contribution in [0, 0.1) is 6.92 Å². The number of anilines is 1. The Balaban J connectivity index is 2.16. The van der Waals surface area contributed by atoms with Crippen LogP contribution in [0.25, 0.3) is 0 Å². The largest absolute Gasteiger partial charge is 0.373 e. The highest BCUT2D eigenvalue weighted by Crippen LogP contribution is 2.27. The van der Waals surface area contributed by atoms with Gasteiger partial charge >= 0.3 is 0 Å². The highest BCUT2D eigenvalue weighted by atomic mass is 32.2. The Kier molecular flexibility index (Phi) is 3.17. The van der Waals surface area contributed by atoms with Crippen LogP contribution in [0.4, 0.5) is 5.82 Å². The molecule has 2 rings (SSSR count). The van der Waals surface area contributed by atoms with Crippen LogP contribution in [0.5, 0.6) is 0 Å². The Labute approximate surface area is 96.3 Å². The molecule has 0 aromatic carbocycles. The maximum absolute atomic E-state index is 4.39. The topological polar surface area (TPSA) is 50.7 Å². The van der Waals surface area contributed by atoms with E-state index in [0.717, 1.165) is 21.0 Å². The van der Waals surface area contributed by atoms with E-state index in [-0.39, 0.29) is 0 Å². The number of aryl methyl sites for hydroxylation is 1. The molecular formula is C9H10N4S2. The normalized spacial score (nSPS) is 10.3. The van der Waals surface area contributed by atoms with Crippen molar-refractivity contribution >= 4 is 29.1 Å². The van der Waals surface area contributed by atoms with E-state index in [1.54, 1.807) is 0 Å². The van der Waals surface area contributed by atoms with Gasteiger partial charge in [0.1, 0.15) is 16.7 Å². The molecule has 0 spiro atoms. The SMILES string of the molecule is CNc1cccc(Sc2nc(C)ns2)n1. The van der Waals surface area contributed by atoms with Crippen molar-refractivity contribution < 1.29 is 0 Å². The van der Waals surface area contributed by atoms with Gasteiger partial charge in [-0.3, -0.25) is 0 Å². The average Bonchev–Trinajstić information content (AvgIpc) is 2.64. The number of nitrogens with one attached hydrogen (secondary N) is 1. The minimum atomic E-state index is 0.812. The first-order valence-electron chi connectivity index (χ1n) is 4.41. The van der Waals surface area contributed by atoms with Gasteiger partial charge < -0.3 is 5.32 Å². The third-order valence-electron chi connectivity index (χ3n) is 1.68. The Morgan fingerprint density at radius 2 is 2.20 bits per heavy atom. The van der Waals surface area contributed by atoms with Crippen molar-refractivity contribution in [2.45, 2.75) is 16.3 Å². The number of nitrogens with zero attached hydrogens (tertiary/aromatic N) is 3. The third-order valence-corrected chi connectivity index (χ3v) is 3.46. The van der Waals surface area contributed by atoms with E-state index in [0.29, 0.717) is 0 Å². The van der Waals surface area contributed by atoms with E-state index < -0.39 is 0 Å². The van der Waals surface area contributed by atoms with Gasteiger partial charge in [0.05, 0.1) is 0 Å². The first kappa shape index (κ1) is 10.4. The summed E-state index contributed by atoms with van der Waals surface area (Å²) in [5.41, 5.74) is 0. The molecule has 78 valence electrons. The zero-order valence-electron chi connectivity index (χ0n) is 8.39. The smallest absolute Gasteiger partial charge is 0.176 e. The molecule has 0 aliphatic rings. The summed E-state index contributed by atoms with van der Waals surface area (Å²) in [5, 5.41) is 3.93. The molecule has 0 unspecified atom stereocenters. The number of pyridine rings is 1. The molecule has 6 heteroatoms. The second-order valence-electron chi connectivity index (χ2n) is 2.82. The molecule has 4 nitrogen and oxygen atoms in total. The van der Waals surface area contributed by atoms with Crippen molar-refractivity contribution in [3.05, 3.63) is 24.0 Å². The van der Waals surface area contributed by atoms with Crippen LogP contribution in [-0.2, 0) is 0 Å². The summed E-state index contributed by atoms with van der Waals surface area (Å²) in [4.78, 5) is 8.66. The Bertz CT molecular complexity index is 455. The maximum atomic E-state index is 4.39. The number of aromatic nitrogens is 3. The summed E-state index contributed by atoms with van der Waals surface area (Å²) in [6, 6.07) is 5.85. The highest BCUT2D eigenvalue weighted by Gasteiger charge is 2.04. The Morgan fingerprint density at radius 1 is 1.33 bits per heavy atom. The van der Waals surface area contributed by atoms with Gasteiger partial charge in [0.2, 0.25) is 0 Å². The Hall–Kier alpha value is -1.14. The molecule has 2 heterocycles. The molecular weight excluding hydrogens is 228 g/mol. The Morgan fingerprint density at radius 3 is 2.87 bits per heavy atom. The predicted octanol–water partition coefficient (Wildman–Crippen LogP) is 2.43. The maximum Gasteiger partial charge on any atom is 0.176 e. The van der Waals surface area contributed by atoms with Crippen molar-refractivity contribution in [2.75, 3.05) is 12.4 Å². The molecule has 0 bridgehead atoms. The van der Waals surface area contributed by atoms with Crippen LogP contribution < -0.4 is 5.32 Å². The molecule has 15 heavy (non-hydrogen) atoms. The fourth-order valence-electron chi connectivity index (χ4n) is 1.02. The molecule has 0 aliphatic carbocycles. The lowest BCUT2D eigenvalue weighted by atomic mass is 10.5. The minimum absolute atomic E-state index is 0.812. The average molecular weight is 238 g/mol. The minimum Gasteiger partial charge on any atom is -0.373 e. The summed E-state index contributed by atoms with van der Waals surface area (Å²) in [7, 11) is 1.85. The fraction of sp³-hybridized carbons (Fsp3) is 0.222. The van der Waals surface area contributed by atoms with Gasteiger partial charge in [-0.05, 0) is 42.4 Å². The van der Waals surface area contributed by atoms with Crippen LogP contribution in [-0.4, -0.2) is 21.4 Å². The highest BCUT2D eigenvalue weighted by molar-refractivity contribution is 8.00. The number of hydrogen-bond donors (Lipinski definition) is 1. The zero-order valence-corrected chi connectivity index (χ0v) is 10.0. The van der Waals surface area contributed by atoms with Crippen LogP contribution in [0.1, 0.15) is 5.82 Å². The molecule has 0 aliphatic heterocycles. The van der Waals surface area contributed by atoms with Gasteiger partial charge in [0.15, 0.2) is 4.34 Å². The lowest BCUT2D eigenvalue weighted by molar-refractivity contribution is 1.08. The van der Waals surface area contributed by atoms with Gasteiger partial charge in [-0.1, -0.05) is 6.07 Å².